The Morgan fingerprint density at radius 2 is 1.60 bits per heavy atom. The molecule has 7 nitrogen and oxygen atoms in total. The van der Waals surface area contributed by atoms with Crippen LogP contribution in [0.3, 0.4) is 0 Å². The van der Waals surface area contributed by atoms with Gasteiger partial charge in [0.15, 0.2) is 12.4 Å². The van der Waals surface area contributed by atoms with E-state index < -0.39 is 17.5 Å². The Morgan fingerprint density at radius 3 is 2.23 bits per heavy atom. The molecule has 1 saturated carbocycles. The summed E-state index contributed by atoms with van der Waals surface area (Å²) in [6.45, 7) is 5.35. The highest BCUT2D eigenvalue weighted by molar-refractivity contribution is 5.99. The second-order valence-electron chi connectivity index (χ2n) is 10.3. The van der Waals surface area contributed by atoms with Crippen molar-refractivity contribution in [1.82, 2.24) is 0 Å². The Labute approximate surface area is 206 Å². The van der Waals surface area contributed by atoms with Gasteiger partial charge in [0, 0.05) is 24.7 Å². The molecule has 0 spiro atoms. The third-order valence-electron chi connectivity index (χ3n) is 7.26. The first kappa shape index (κ1) is 24.9. The largest absolute Gasteiger partial charge is 0.454 e. The standard InChI is InChI=1S/C28H34N2O5/c1-19-14-20(2)17-29(16-19)25-13-12-24(15-26(25)30(33)34)28(32)35-18-27(31)23-10-8-22(9-11-23)21-6-4-3-5-7-21/h8-13,15,19-21H,3-7,14,16-18H2,1-2H3/t19-,20-/m0/s1. The first-order chi connectivity index (χ1) is 16.8. The molecule has 7 heteroatoms. The smallest absolute Gasteiger partial charge is 0.338 e. The molecule has 35 heavy (non-hydrogen) atoms. The molecule has 4 rings (SSSR count). The van der Waals surface area contributed by atoms with Gasteiger partial charge in [-0.05, 0) is 54.7 Å². The molecule has 2 aromatic carbocycles. The zero-order valence-electron chi connectivity index (χ0n) is 20.6. The van der Waals surface area contributed by atoms with E-state index in [9.17, 15) is 19.7 Å². The number of anilines is 1. The molecule has 0 bridgehead atoms. The monoisotopic (exact) mass is 478 g/mol. The second-order valence-corrected chi connectivity index (χ2v) is 10.3. The van der Waals surface area contributed by atoms with E-state index in [1.165, 1.54) is 49.8 Å². The molecule has 0 N–H and O–H groups in total. The lowest BCUT2D eigenvalue weighted by atomic mass is 9.84. The highest BCUT2D eigenvalue weighted by Crippen LogP contribution is 2.34. The first-order valence-corrected chi connectivity index (χ1v) is 12.7. The Morgan fingerprint density at radius 1 is 0.971 bits per heavy atom. The van der Waals surface area contributed by atoms with Crippen LogP contribution >= 0.6 is 0 Å². The van der Waals surface area contributed by atoms with Gasteiger partial charge < -0.3 is 9.64 Å². The number of carbonyl (C=O) groups excluding carboxylic acids is 2. The Balaban J connectivity index is 1.39. The van der Waals surface area contributed by atoms with Crippen molar-refractivity contribution >= 4 is 23.1 Å². The maximum Gasteiger partial charge on any atom is 0.338 e. The number of rotatable bonds is 7. The third-order valence-corrected chi connectivity index (χ3v) is 7.26. The SMILES string of the molecule is C[C@H]1C[C@H](C)CN(c2ccc(C(=O)OCC(=O)c3ccc(C4CCCCC4)cc3)cc2[N+](=O)[O-])C1. The minimum atomic E-state index is -0.743. The lowest BCUT2D eigenvalue weighted by Crippen LogP contribution is -2.39. The summed E-state index contributed by atoms with van der Waals surface area (Å²) in [5.74, 6) is 0.389. The van der Waals surface area contributed by atoms with Gasteiger partial charge in [-0.15, -0.1) is 0 Å². The van der Waals surface area contributed by atoms with Crippen LogP contribution in [0.2, 0.25) is 0 Å². The average Bonchev–Trinajstić information content (AvgIpc) is 2.86. The number of piperidine rings is 1. The van der Waals surface area contributed by atoms with Crippen LogP contribution in [0.15, 0.2) is 42.5 Å². The van der Waals surface area contributed by atoms with E-state index >= 15 is 0 Å². The van der Waals surface area contributed by atoms with Gasteiger partial charge in [0.2, 0.25) is 0 Å². The van der Waals surface area contributed by atoms with Crippen molar-refractivity contribution < 1.29 is 19.2 Å². The summed E-state index contributed by atoms with van der Waals surface area (Å²) in [5, 5.41) is 11.8. The zero-order chi connectivity index (χ0) is 24.9. The van der Waals surface area contributed by atoms with Gasteiger partial charge in [0.05, 0.1) is 10.5 Å². The number of esters is 1. The van der Waals surface area contributed by atoms with Gasteiger partial charge in [-0.25, -0.2) is 4.79 Å². The van der Waals surface area contributed by atoms with Gasteiger partial charge in [-0.3, -0.25) is 14.9 Å². The van der Waals surface area contributed by atoms with Crippen LogP contribution in [-0.4, -0.2) is 36.4 Å². The Kier molecular flexibility index (Phi) is 7.83. The maximum absolute atomic E-state index is 12.6. The minimum absolute atomic E-state index is 0.0685. The molecular weight excluding hydrogens is 444 g/mol. The molecule has 186 valence electrons. The van der Waals surface area contributed by atoms with Crippen LogP contribution in [0.1, 0.15) is 84.6 Å². The molecule has 2 aliphatic rings. The number of carbonyl (C=O) groups is 2. The van der Waals surface area contributed by atoms with E-state index in [1.807, 2.05) is 17.0 Å². The molecule has 1 aliphatic heterocycles. The number of hydrogen-bond acceptors (Lipinski definition) is 6. The summed E-state index contributed by atoms with van der Waals surface area (Å²) in [6.07, 6.45) is 7.25. The van der Waals surface area contributed by atoms with Crippen molar-refractivity contribution in [3.8, 4) is 0 Å². The number of hydrogen-bond donors (Lipinski definition) is 0. The molecule has 2 fully saturated rings. The number of benzene rings is 2. The first-order valence-electron chi connectivity index (χ1n) is 12.7. The summed E-state index contributed by atoms with van der Waals surface area (Å²) in [4.78, 5) is 38.5. The lowest BCUT2D eigenvalue weighted by Gasteiger charge is -2.36. The fourth-order valence-corrected chi connectivity index (χ4v) is 5.60. The topological polar surface area (TPSA) is 89.8 Å². The number of ether oxygens (including phenoxy) is 1. The molecule has 1 aliphatic carbocycles. The average molecular weight is 479 g/mol. The number of ketones is 1. The van der Waals surface area contributed by atoms with E-state index in [4.69, 9.17) is 4.74 Å². The molecule has 1 heterocycles. The normalized spacial score (nSPS) is 20.9. The van der Waals surface area contributed by atoms with E-state index in [0.29, 0.717) is 29.0 Å². The van der Waals surface area contributed by atoms with Crippen LogP contribution in [0.4, 0.5) is 11.4 Å². The predicted octanol–water partition coefficient (Wildman–Crippen LogP) is 6.16. The number of nitro benzene ring substituents is 1. The Hall–Kier alpha value is -3.22. The van der Waals surface area contributed by atoms with Crippen LogP contribution in [0, 0.1) is 22.0 Å². The van der Waals surface area contributed by atoms with Crippen molar-refractivity contribution in [3.63, 3.8) is 0 Å². The van der Waals surface area contributed by atoms with Gasteiger partial charge >= 0.3 is 5.97 Å². The van der Waals surface area contributed by atoms with Gasteiger partial charge in [0.25, 0.3) is 5.69 Å². The van der Waals surface area contributed by atoms with Crippen LogP contribution < -0.4 is 4.90 Å². The second kappa shape index (κ2) is 11.0. The van der Waals surface area contributed by atoms with Crippen molar-refractivity contribution in [3.05, 3.63) is 69.3 Å². The predicted molar refractivity (Wildman–Crippen MR) is 135 cm³/mol. The van der Waals surface area contributed by atoms with Gasteiger partial charge in [-0.2, -0.15) is 0 Å². The molecule has 0 amide bonds. The maximum atomic E-state index is 12.6. The quantitative estimate of drug-likeness (QED) is 0.205. The summed E-state index contributed by atoms with van der Waals surface area (Å²) in [6, 6.07) is 12.0. The van der Waals surface area contributed by atoms with E-state index in [2.05, 4.69) is 13.8 Å². The lowest BCUT2D eigenvalue weighted by molar-refractivity contribution is -0.384. The number of nitro groups is 1. The molecule has 2 aromatic rings. The van der Waals surface area contributed by atoms with Crippen LogP contribution in [-0.2, 0) is 4.74 Å². The zero-order valence-corrected chi connectivity index (χ0v) is 20.6. The minimum Gasteiger partial charge on any atom is -0.454 e. The van der Waals surface area contributed by atoms with Crippen molar-refractivity contribution in [2.45, 2.75) is 58.3 Å². The summed E-state index contributed by atoms with van der Waals surface area (Å²) in [7, 11) is 0. The molecule has 0 radical (unpaired) electrons. The summed E-state index contributed by atoms with van der Waals surface area (Å²) >= 11 is 0. The van der Waals surface area contributed by atoms with Gasteiger partial charge in [-0.1, -0.05) is 57.4 Å². The number of nitrogens with zero attached hydrogens (tertiary/aromatic N) is 2. The van der Waals surface area contributed by atoms with E-state index in [0.717, 1.165) is 19.5 Å². The molecule has 2 atom stereocenters. The highest BCUT2D eigenvalue weighted by Gasteiger charge is 2.28. The van der Waals surface area contributed by atoms with Crippen molar-refractivity contribution in [2.75, 3.05) is 24.6 Å². The van der Waals surface area contributed by atoms with E-state index in [-0.39, 0.29) is 17.0 Å². The van der Waals surface area contributed by atoms with Crippen LogP contribution in [0.5, 0.6) is 0 Å². The molecule has 0 unspecified atom stereocenters. The Bertz CT molecular complexity index is 1070. The molecule has 1 saturated heterocycles. The fourth-order valence-electron chi connectivity index (χ4n) is 5.60. The van der Waals surface area contributed by atoms with Crippen molar-refractivity contribution in [1.29, 1.82) is 0 Å². The number of Topliss-reactive ketones (excluding diaryl/α,β-unsaturated/α-hetero) is 1. The summed E-state index contributed by atoms with van der Waals surface area (Å²) < 4.78 is 5.22. The third kappa shape index (κ3) is 6.08. The molecular formula is C28H34N2O5. The molecule has 0 aromatic heterocycles. The highest BCUT2D eigenvalue weighted by atomic mass is 16.6. The fraction of sp³-hybridized carbons (Fsp3) is 0.500. The van der Waals surface area contributed by atoms with E-state index in [1.54, 1.807) is 18.2 Å². The summed E-state index contributed by atoms with van der Waals surface area (Å²) in [5.41, 5.74) is 2.21. The van der Waals surface area contributed by atoms with Crippen molar-refractivity contribution in [2.24, 2.45) is 11.8 Å². The van der Waals surface area contributed by atoms with Crippen LogP contribution in [0.25, 0.3) is 0 Å². The van der Waals surface area contributed by atoms with Gasteiger partial charge in [0.1, 0.15) is 5.69 Å².